The van der Waals surface area contributed by atoms with Crippen molar-refractivity contribution < 1.29 is 19.5 Å². The number of amides is 1. The first-order chi connectivity index (χ1) is 15.3. The molecule has 1 saturated carbocycles. The first-order valence-corrected chi connectivity index (χ1v) is 11.6. The molecule has 0 radical (unpaired) electrons. The van der Waals surface area contributed by atoms with Crippen molar-refractivity contribution >= 4 is 40.9 Å². The van der Waals surface area contributed by atoms with Crippen molar-refractivity contribution in [3.05, 3.63) is 69.7 Å². The maximum absolute atomic E-state index is 13.7. The molecule has 1 N–H and O–H groups in total. The van der Waals surface area contributed by atoms with Crippen molar-refractivity contribution in [3.8, 4) is 0 Å². The molecule has 2 fully saturated rings. The van der Waals surface area contributed by atoms with Gasteiger partial charge in [-0.15, -0.1) is 0 Å². The van der Waals surface area contributed by atoms with Gasteiger partial charge in [0.1, 0.15) is 0 Å². The SMILES string of the molecule is CC(=O)[C@H](C1CC1)N1C(=O)[C@@H](CC(=O)O)C[C@H](c2cccc(Cl)c2)[C@H]1c1ccc(Cl)cc1. The number of carboxylic acids is 1. The summed E-state index contributed by atoms with van der Waals surface area (Å²) >= 11 is 12.4. The van der Waals surface area contributed by atoms with E-state index in [0.717, 1.165) is 24.0 Å². The number of ketones is 1. The Hall–Kier alpha value is -2.37. The van der Waals surface area contributed by atoms with Gasteiger partial charge < -0.3 is 10.0 Å². The molecule has 7 heteroatoms. The Morgan fingerprint density at radius 1 is 1.06 bits per heavy atom. The lowest BCUT2D eigenvalue weighted by Gasteiger charge is -2.48. The van der Waals surface area contributed by atoms with Gasteiger partial charge in [0, 0.05) is 21.9 Å². The van der Waals surface area contributed by atoms with Crippen molar-refractivity contribution in [1.29, 1.82) is 0 Å². The molecule has 0 unspecified atom stereocenters. The number of hydrogen-bond acceptors (Lipinski definition) is 3. The summed E-state index contributed by atoms with van der Waals surface area (Å²) in [7, 11) is 0. The van der Waals surface area contributed by atoms with Crippen LogP contribution in [0.3, 0.4) is 0 Å². The van der Waals surface area contributed by atoms with Crippen LogP contribution in [-0.4, -0.2) is 33.7 Å². The average molecular weight is 474 g/mol. The predicted molar refractivity (Wildman–Crippen MR) is 123 cm³/mol. The van der Waals surface area contributed by atoms with Crippen molar-refractivity contribution in [3.63, 3.8) is 0 Å². The predicted octanol–water partition coefficient (Wildman–Crippen LogP) is 5.51. The first-order valence-electron chi connectivity index (χ1n) is 10.8. The van der Waals surface area contributed by atoms with Gasteiger partial charge >= 0.3 is 5.97 Å². The Balaban J connectivity index is 1.88. The molecule has 32 heavy (non-hydrogen) atoms. The molecule has 4 rings (SSSR count). The minimum atomic E-state index is -1.02. The van der Waals surface area contributed by atoms with Crippen molar-refractivity contribution in [2.75, 3.05) is 0 Å². The van der Waals surface area contributed by atoms with Gasteiger partial charge in [-0.1, -0.05) is 47.5 Å². The zero-order valence-corrected chi connectivity index (χ0v) is 19.2. The first kappa shape index (κ1) is 22.8. The molecule has 4 atom stereocenters. The summed E-state index contributed by atoms with van der Waals surface area (Å²) in [6, 6.07) is 13.8. The molecule has 1 saturated heterocycles. The third kappa shape index (κ3) is 4.69. The number of likely N-dealkylation sites (tertiary alicyclic amines) is 1. The van der Waals surface area contributed by atoms with Crippen LogP contribution in [0.4, 0.5) is 0 Å². The summed E-state index contributed by atoms with van der Waals surface area (Å²) < 4.78 is 0. The van der Waals surface area contributed by atoms with E-state index in [1.54, 1.807) is 23.1 Å². The zero-order valence-electron chi connectivity index (χ0n) is 17.7. The quantitative estimate of drug-likeness (QED) is 0.575. The number of piperidine rings is 1. The van der Waals surface area contributed by atoms with Crippen LogP contribution in [-0.2, 0) is 14.4 Å². The Morgan fingerprint density at radius 3 is 2.31 bits per heavy atom. The molecule has 2 aliphatic rings. The number of Topliss-reactive ketones (excluding diaryl/α,β-unsaturated/α-hetero) is 1. The largest absolute Gasteiger partial charge is 0.481 e. The highest BCUT2D eigenvalue weighted by Gasteiger charge is 2.51. The molecule has 1 aliphatic heterocycles. The summed E-state index contributed by atoms with van der Waals surface area (Å²) in [5.74, 6) is -2.17. The van der Waals surface area contributed by atoms with E-state index in [0.29, 0.717) is 16.5 Å². The smallest absolute Gasteiger partial charge is 0.304 e. The van der Waals surface area contributed by atoms with E-state index in [2.05, 4.69) is 0 Å². The third-order valence-corrected chi connectivity index (χ3v) is 7.00. The molecule has 1 aliphatic carbocycles. The standard InChI is InChI=1S/C25H25Cl2NO4/c1-14(29)23(15-5-6-15)28-24(16-7-9-19(26)10-8-16)21(17-3-2-4-20(27)11-17)12-18(25(28)32)13-22(30)31/h2-4,7-11,15,18,21,23-24H,5-6,12-13H2,1H3,(H,30,31)/t18-,21-,23-,24-/m1/s1. The minimum Gasteiger partial charge on any atom is -0.481 e. The minimum absolute atomic E-state index is 0.0689. The molecule has 1 amide bonds. The highest BCUT2D eigenvalue weighted by atomic mass is 35.5. The number of hydrogen-bond donors (Lipinski definition) is 1. The van der Waals surface area contributed by atoms with Gasteiger partial charge in [-0.2, -0.15) is 0 Å². The number of rotatable bonds is 7. The number of aliphatic carboxylic acids is 1. The number of benzene rings is 2. The molecule has 0 spiro atoms. The van der Waals surface area contributed by atoms with E-state index in [1.807, 2.05) is 30.3 Å². The highest BCUT2D eigenvalue weighted by Crippen LogP contribution is 2.50. The van der Waals surface area contributed by atoms with E-state index in [-0.39, 0.29) is 29.9 Å². The topological polar surface area (TPSA) is 74.7 Å². The van der Waals surface area contributed by atoms with Gasteiger partial charge in [-0.25, -0.2) is 0 Å². The Labute approximate surface area is 197 Å². The lowest BCUT2D eigenvalue weighted by molar-refractivity contribution is -0.155. The molecular weight excluding hydrogens is 449 g/mol. The van der Waals surface area contributed by atoms with Gasteiger partial charge in [0.05, 0.1) is 18.5 Å². The van der Waals surface area contributed by atoms with Gasteiger partial charge in [0.2, 0.25) is 5.91 Å². The fraction of sp³-hybridized carbons (Fsp3) is 0.400. The second-order valence-electron chi connectivity index (χ2n) is 8.83. The molecular formula is C25H25Cl2NO4. The molecule has 1 heterocycles. The van der Waals surface area contributed by atoms with E-state index < -0.39 is 24.0 Å². The maximum atomic E-state index is 13.7. The summed E-state index contributed by atoms with van der Waals surface area (Å²) in [6.07, 6.45) is 1.86. The van der Waals surface area contributed by atoms with E-state index >= 15 is 0 Å². The zero-order chi connectivity index (χ0) is 23.0. The fourth-order valence-electron chi connectivity index (χ4n) is 5.04. The molecule has 0 aromatic heterocycles. The number of carbonyl (C=O) groups excluding carboxylic acids is 2. The van der Waals surface area contributed by atoms with E-state index in [1.165, 1.54) is 6.92 Å². The Morgan fingerprint density at radius 2 is 1.75 bits per heavy atom. The summed E-state index contributed by atoms with van der Waals surface area (Å²) in [5, 5.41) is 10.6. The second-order valence-corrected chi connectivity index (χ2v) is 9.70. The van der Waals surface area contributed by atoms with Crippen LogP contribution in [0, 0.1) is 11.8 Å². The van der Waals surface area contributed by atoms with Crippen LogP contribution in [0.1, 0.15) is 55.7 Å². The summed E-state index contributed by atoms with van der Waals surface area (Å²) in [5.41, 5.74) is 1.79. The van der Waals surface area contributed by atoms with Crippen molar-refractivity contribution in [1.82, 2.24) is 4.90 Å². The Kier molecular flexibility index (Phi) is 6.59. The lowest BCUT2D eigenvalue weighted by Crippen LogP contribution is -2.55. The van der Waals surface area contributed by atoms with E-state index in [9.17, 15) is 19.5 Å². The third-order valence-electron chi connectivity index (χ3n) is 6.52. The van der Waals surface area contributed by atoms with Gasteiger partial charge in [-0.3, -0.25) is 14.4 Å². The second kappa shape index (κ2) is 9.24. The van der Waals surface area contributed by atoms with Crippen LogP contribution in [0.2, 0.25) is 10.0 Å². The summed E-state index contributed by atoms with van der Waals surface area (Å²) in [6.45, 7) is 1.52. The lowest BCUT2D eigenvalue weighted by atomic mass is 9.74. The number of halogens is 2. The van der Waals surface area contributed by atoms with Crippen LogP contribution in [0.5, 0.6) is 0 Å². The summed E-state index contributed by atoms with van der Waals surface area (Å²) in [4.78, 5) is 39.7. The van der Waals surface area contributed by atoms with Gasteiger partial charge in [0.25, 0.3) is 0 Å². The fourth-order valence-corrected chi connectivity index (χ4v) is 5.37. The van der Waals surface area contributed by atoms with Crippen molar-refractivity contribution in [2.24, 2.45) is 11.8 Å². The van der Waals surface area contributed by atoms with Gasteiger partial charge in [-0.05, 0) is 67.5 Å². The van der Waals surface area contributed by atoms with E-state index in [4.69, 9.17) is 23.2 Å². The van der Waals surface area contributed by atoms with Crippen molar-refractivity contribution in [2.45, 2.75) is 50.6 Å². The van der Waals surface area contributed by atoms with Crippen LogP contribution in [0.15, 0.2) is 48.5 Å². The van der Waals surface area contributed by atoms with Crippen LogP contribution < -0.4 is 0 Å². The molecule has 2 aromatic carbocycles. The maximum Gasteiger partial charge on any atom is 0.304 e. The molecule has 2 aromatic rings. The van der Waals surface area contributed by atoms with Crippen LogP contribution >= 0.6 is 23.2 Å². The number of carbonyl (C=O) groups is 3. The molecule has 168 valence electrons. The normalized spacial score (nSPS) is 24.3. The Bertz CT molecular complexity index is 1030. The number of nitrogens with zero attached hydrogens (tertiary/aromatic N) is 1. The van der Waals surface area contributed by atoms with Gasteiger partial charge in [0.15, 0.2) is 5.78 Å². The highest BCUT2D eigenvalue weighted by molar-refractivity contribution is 6.30. The molecule has 0 bridgehead atoms. The average Bonchev–Trinajstić information content (AvgIpc) is 3.56. The van der Waals surface area contributed by atoms with Crippen LogP contribution in [0.25, 0.3) is 0 Å². The molecule has 5 nitrogen and oxygen atoms in total. The number of carboxylic acid groups (broad SMARTS) is 1. The monoisotopic (exact) mass is 473 g/mol.